The molecule has 0 radical (unpaired) electrons. The fourth-order valence-corrected chi connectivity index (χ4v) is 3.76. The zero-order valence-electron chi connectivity index (χ0n) is 18.5. The lowest BCUT2D eigenvalue weighted by Gasteiger charge is -2.14. The predicted octanol–water partition coefficient (Wildman–Crippen LogP) is 5.18. The van der Waals surface area contributed by atoms with Gasteiger partial charge in [0.2, 0.25) is 5.75 Å². The van der Waals surface area contributed by atoms with E-state index in [1.807, 2.05) is 66.7 Å². The molecule has 0 bridgehead atoms. The normalized spacial score (nSPS) is 10.9. The first-order valence-corrected chi connectivity index (χ1v) is 10.6. The number of nitrogens with one attached hydrogen (secondary N) is 3. The first-order valence-electron chi connectivity index (χ1n) is 10.2. The van der Waals surface area contributed by atoms with Crippen LogP contribution in [-0.2, 0) is 0 Å². The molecule has 0 aliphatic heterocycles. The van der Waals surface area contributed by atoms with E-state index in [9.17, 15) is 0 Å². The molecule has 0 atom stereocenters. The Labute approximate surface area is 197 Å². The van der Waals surface area contributed by atoms with Crippen LogP contribution in [-0.4, -0.2) is 37.6 Å². The Bertz CT molecular complexity index is 1280. The first kappa shape index (κ1) is 22.2. The number of hydrogen-bond donors (Lipinski definition) is 3. The third-order valence-corrected chi connectivity index (χ3v) is 5.28. The summed E-state index contributed by atoms with van der Waals surface area (Å²) in [5, 5.41) is 8.90. The molecule has 1 heterocycles. The number of hydrazone groups is 1. The molecule has 4 rings (SSSR count). The second-order valence-corrected chi connectivity index (χ2v) is 7.47. The zero-order valence-corrected chi connectivity index (χ0v) is 19.3. The Kier molecular flexibility index (Phi) is 6.75. The number of anilines is 1. The summed E-state index contributed by atoms with van der Waals surface area (Å²) in [6.07, 6.45) is 1.75. The van der Waals surface area contributed by atoms with Crippen molar-refractivity contribution in [2.24, 2.45) is 5.10 Å². The second kappa shape index (κ2) is 10.1. The van der Waals surface area contributed by atoms with E-state index in [0.29, 0.717) is 22.4 Å². The zero-order chi connectivity index (χ0) is 23.2. The molecule has 4 aromatic rings. The van der Waals surface area contributed by atoms with E-state index in [0.717, 1.165) is 33.4 Å². The van der Waals surface area contributed by atoms with Crippen LogP contribution >= 0.6 is 12.2 Å². The van der Waals surface area contributed by atoms with Crippen molar-refractivity contribution in [3.63, 3.8) is 0 Å². The molecule has 0 unspecified atom stereocenters. The molecule has 1 aromatic heterocycles. The second-order valence-electron chi connectivity index (χ2n) is 7.06. The third kappa shape index (κ3) is 4.75. The Morgan fingerprint density at radius 3 is 2.24 bits per heavy atom. The van der Waals surface area contributed by atoms with Gasteiger partial charge >= 0.3 is 0 Å². The number of H-pyrrole nitrogens is 1. The molecular weight excluding hydrogens is 436 g/mol. The fraction of sp³-hybridized carbons (Fsp3) is 0.120. The largest absolute Gasteiger partial charge is 0.493 e. The van der Waals surface area contributed by atoms with Gasteiger partial charge in [0.15, 0.2) is 16.6 Å². The highest BCUT2D eigenvalue weighted by molar-refractivity contribution is 7.80. The summed E-state index contributed by atoms with van der Waals surface area (Å²) in [4.78, 5) is 3.48. The Balaban J connectivity index is 1.69. The molecule has 3 aromatic carbocycles. The third-order valence-electron chi connectivity index (χ3n) is 5.09. The van der Waals surface area contributed by atoms with Crippen LogP contribution in [0.25, 0.3) is 22.2 Å². The van der Waals surface area contributed by atoms with Crippen molar-refractivity contribution < 1.29 is 14.2 Å². The molecule has 0 aliphatic rings. The Morgan fingerprint density at radius 1 is 0.909 bits per heavy atom. The average molecular weight is 461 g/mol. The summed E-state index contributed by atoms with van der Waals surface area (Å²) >= 11 is 5.36. The molecule has 33 heavy (non-hydrogen) atoms. The number of thiocarbonyl (C=S) groups is 1. The summed E-state index contributed by atoms with van der Waals surface area (Å²) in [5.74, 6) is 1.67. The predicted molar refractivity (Wildman–Crippen MR) is 137 cm³/mol. The van der Waals surface area contributed by atoms with Crippen LogP contribution in [0.5, 0.6) is 17.2 Å². The van der Waals surface area contributed by atoms with Gasteiger partial charge in [-0.05, 0) is 42.5 Å². The molecule has 0 spiro atoms. The topological polar surface area (TPSA) is 79.9 Å². The summed E-state index contributed by atoms with van der Waals surface area (Å²) in [7, 11) is 4.78. The van der Waals surface area contributed by atoms with Gasteiger partial charge in [0.05, 0.1) is 33.2 Å². The summed E-state index contributed by atoms with van der Waals surface area (Å²) < 4.78 is 16.5. The van der Waals surface area contributed by atoms with Crippen LogP contribution in [0.1, 0.15) is 5.56 Å². The van der Waals surface area contributed by atoms with Gasteiger partial charge in [-0.15, -0.1) is 0 Å². The summed E-state index contributed by atoms with van der Waals surface area (Å²) in [6, 6.07) is 21.5. The molecule has 0 fully saturated rings. The number of nitrogens with zero attached hydrogens (tertiary/aromatic N) is 1. The van der Waals surface area contributed by atoms with Crippen molar-refractivity contribution in [3.8, 4) is 28.5 Å². The lowest BCUT2D eigenvalue weighted by molar-refractivity contribution is 0.324. The number of para-hydroxylation sites is 2. The minimum Gasteiger partial charge on any atom is -0.493 e. The van der Waals surface area contributed by atoms with Gasteiger partial charge in [-0.25, -0.2) is 0 Å². The van der Waals surface area contributed by atoms with Gasteiger partial charge in [0.1, 0.15) is 0 Å². The maximum Gasteiger partial charge on any atom is 0.203 e. The fourth-order valence-electron chi connectivity index (χ4n) is 3.59. The van der Waals surface area contributed by atoms with Crippen molar-refractivity contribution in [2.45, 2.75) is 0 Å². The van der Waals surface area contributed by atoms with E-state index < -0.39 is 0 Å². The molecule has 0 saturated carbocycles. The average Bonchev–Trinajstić information content (AvgIpc) is 3.22. The van der Waals surface area contributed by atoms with E-state index in [4.69, 9.17) is 26.4 Å². The molecule has 0 saturated heterocycles. The van der Waals surface area contributed by atoms with Crippen molar-refractivity contribution in [1.29, 1.82) is 0 Å². The monoisotopic (exact) mass is 460 g/mol. The van der Waals surface area contributed by atoms with Gasteiger partial charge < -0.3 is 24.5 Å². The Morgan fingerprint density at radius 2 is 1.58 bits per heavy atom. The van der Waals surface area contributed by atoms with Crippen LogP contribution in [0.15, 0.2) is 71.8 Å². The van der Waals surface area contributed by atoms with Crippen LogP contribution in [0.3, 0.4) is 0 Å². The van der Waals surface area contributed by atoms with Crippen molar-refractivity contribution >= 4 is 40.1 Å². The van der Waals surface area contributed by atoms with Crippen molar-refractivity contribution in [1.82, 2.24) is 10.4 Å². The molecule has 0 amide bonds. The highest BCUT2D eigenvalue weighted by Crippen LogP contribution is 2.42. The first-order chi connectivity index (χ1) is 16.1. The number of fused-ring (bicyclic) bond motifs is 1. The van der Waals surface area contributed by atoms with Crippen molar-refractivity contribution in [3.05, 3.63) is 72.3 Å². The number of benzene rings is 3. The van der Waals surface area contributed by atoms with Crippen LogP contribution in [0, 0.1) is 0 Å². The quantitative estimate of drug-likeness (QED) is 0.200. The minimum absolute atomic E-state index is 0.395. The van der Waals surface area contributed by atoms with Crippen LogP contribution in [0.4, 0.5) is 5.69 Å². The molecule has 8 heteroatoms. The lowest BCUT2D eigenvalue weighted by Crippen LogP contribution is -2.23. The molecule has 0 aliphatic carbocycles. The molecule has 168 valence electrons. The van der Waals surface area contributed by atoms with E-state index in [-0.39, 0.29) is 0 Å². The number of hydrogen-bond acceptors (Lipinski definition) is 5. The van der Waals surface area contributed by atoms with Gasteiger partial charge in [0.25, 0.3) is 0 Å². The Hall–Kier alpha value is -4.04. The number of ether oxygens (including phenoxy) is 3. The smallest absolute Gasteiger partial charge is 0.203 e. The highest BCUT2D eigenvalue weighted by Gasteiger charge is 2.18. The van der Waals surface area contributed by atoms with E-state index in [1.165, 1.54) is 0 Å². The van der Waals surface area contributed by atoms with E-state index in [1.54, 1.807) is 27.5 Å². The summed E-state index contributed by atoms with van der Waals surface area (Å²) in [6.45, 7) is 0. The van der Waals surface area contributed by atoms with E-state index >= 15 is 0 Å². The van der Waals surface area contributed by atoms with Gasteiger partial charge in [0, 0.05) is 27.7 Å². The molecule has 7 nitrogen and oxygen atoms in total. The lowest BCUT2D eigenvalue weighted by atomic mass is 10.0. The number of aromatic amines is 1. The summed E-state index contributed by atoms with van der Waals surface area (Å²) in [5.41, 5.74) is 7.38. The standard InChI is InChI=1S/C25H24N4O3S/c1-30-21-13-16(14-22(31-2)24(21)32-3)23-19(18-11-7-8-12-20(18)28-23)15-26-29-25(33)27-17-9-5-4-6-10-17/h4-15,28H,1-3H3,(H2,27,29,33)/b26-15+. The van der Waals surface area contributed by atoms with Crippen molar-refractivity contribution in [2.75, 3.05) is 26.6 Å². The number of rotatable bonds is 7. The maximum absolute atomic E-state index is 5.53. The van der Waals surface area contributed by atoms with Gasteiger partial charge in [-0.2, -0.15) is 5.10 Å². The van der Waals surface area contributed by atoms with Gasteiger partial charge in [-0.3, -0.25) is 5.43 Å². The SMILES string of the molecule is COc1cc(-c2[nH]c3ccccc3c2/C=N/NC(=S)Nc2ccccc2)cc(OC)c1OC. The molecular formula is C25H24N4O3S. The maximum atomic E-state index is 5.53. The van der Waals surface area contributed by atoms with Gasteiger partial charge in [-0.1, -0.05) is 36.4 Å². The van der Waals surface area contributed by atoms with E-state index in [2.05, 4.69) is 20.8 Å². The highest BCUT2D eigenvalue weighted by atomic mass is 32.1. The number of aromatic nitrogens is 1. The molecule has 3 N–H and O–H groups in total. The number of methoxy groups -OCH3 is 3. The van der Waals surface area contributed by atoms with Crippen LogP contribution in [0.2, 0.25) is 0 Å². The van der Waals surface area contributed by atoms with Crippen LogP contribution < -0.4 is 25.0 Å². The minimum atomic E-state index is 0.395.